The molecule has 1 aromatic heterocycles. The van der Waals surface area contributed by atoms with Crippen LogP contribution < -0.4 is 16.0 Å². The number of alkyl carbamates (subject to hydrolysis) is 1. The van der Waals surface area contributed by atoms with Crippen LogP contribution in [0.2, 0.25) is 0 Å². The Morgan fingerprint density at radius 3 is 2.55 bits per heavy atom. The van der Waals surface area contributed by atoms with E-state index in [0.29, 0.717) is 18.7 Å². The number of allylic oxidation sites excluding steroid dienone is 1. The van der Waals surface area contributed by atoms with E-state index in [1.807, 2.05) is 12.1 Å². The van der Waals surface area contributed by atoms with Crippen molar-refractivity contribution in [2.75, 3.05) is 7.05 Å². The molecule has 2 rings (SSSR count). The van der Waals surface area contributed by atoms with Crippen LogP contribution in [0.25, 0.3) is 0 Å². The second kappa shape index (κ2) is 14.4. The molecule has 2 aromatic rings. The van der Waals surface area contributed by atoms with Crippen molar-refractivity contribution >= 4 is 29.5 Å². The molecule has 0 saturated heterocycles. The van der Waals surface area contributed by atoms with Crippen molar-refractivity contribution in [3.8, 4) is 0 Å². The van der Waals surface area contributed by atoms with Gasteiger partial charge in [0.1, 0.15) is 11.4 Å². The van der Waals surface area contributed by atoms with E-state index in [2.05, 4.69) is 26.3 Å². The summed E-state index contributed by atoms with van der Waals surface area (Å²) in [7, 11) is 1.53. The molecule has 0 atom stereocenters. The fourth-order valence-corrected chi connectivity index (χ4v) is 3.26. The largest absolute Gasteiger partial charge is 0.444 e. The number of benzene rings is 1. The Labute approximate surface area is 222 Å². The molecule has 0 aliphatic heterocycles. The van der Waals surface area contributed by atoms with E-state index in [1.54, 1.807) is 43.8 Å². The van der Waals surface area contributed by atoms with Crippen molar-refractivity contribution in [1.29, 1.82) is 10.8 Å². The Bertz CT molecular complexity index is 1180. The normalized spacial score (nSPS) is 11.2. The smallest absolute Gasteiger partial charge is 0.407 e. The van der Waals surface area contributed by atoms with Crippen LogP contribution in [-0.2, 0) is 29.0 Å². The molecular formula is C26H36N8O4. The number of nitrogens with zero attached hydrogens (tertiary/aromatic N) is 3. The summed E-state index contributed by atoms with van der Waals surface area (Å²) >= 11 is 0. The van der Waals surface area contributed by atoms with Gasteiger partial charge in [-0.1, -0.05) is 29.5 Å². The quantitative estimate of drug-likeness (QED) is 0.162. The molecule has 0 unspecified atom stereocenters. The summed E-state index contributed by atoms with van der Waals surface area (Å²) in [6, 6.07) is 7.24. The standard InChI is InChI=1S/C26H36N8O4/c1-26(2,3)38-25(37)30-16-19-9-7-8-18(14-19)15-23(35)31-22(28)12-11-20(27)10-5-6-13-34-17-21(32-33-34)24(36)29-4/h7-9,11-12,14,17,27H,5-6,10,13,15-16H2,1-4H3,(H,29,36)(H,30,37)(H2,28,31,35)/b12-11-,27-20?. The Balaban J connectivity index is 1.69. The summed E-state index contributed by atoms with van der Waals surface area (Å²) in [5, 5.41) is 31.4. The molecule has 5 N–H and O–H groups in total. The third-order valence-corrected chi connectivity index (χ3v) is 5.00. The molecule has 0 saturated carbocycles. The first-order valence-electron chi connectivity index (χ1n) is 12.3. The van der Waals surface area contributed by atoms with E-state index in [0.717, 1.165) is 24.0 Å². The van der Waals surface area contributed by atoms with Gasteiger partial charge in [0.25, 0.3) is 5.91 Å². The van der Waals surface area contributed by atoms with Crippen LogP contribution in [0.1, 0.15) is 61.6 Å². The molecule has 0 fully saturated rings. The molecule has 3 amide bonds. The summed E-state index contributed by atoms with van der Waals surface area (Å²) in [6.07, 6.45) is 5.96. The molecule has 38 heavy (non-hydrogen) atoms. The number of carbonyl (C=O) groups excluding carboxylic acids is 3. The van der Waals surface area contributed by atoms with Crippen molar-refractivity contribution in [2.45, 2.75) is 65.1 Å². The Morgan fingerprint density at radius 1 is 1.11 bits per heavy atom. The van der Waals surface area contributed by atoms with Crippen LogP contribution in [0.4, 0.5) is 4.79 Å². The van der Waals surface area contributed by atoms with Gasteiger partial charge in [-0.3, -0.25) is 19.7 Å². The molecule has 204 valence electrons. The predicted molar refractivity (Wildman–Crippen MR) is 143 cm³/mol. The third-order valence-electron chi connectivity index (χ3n) is 5.00. The van der Waals surface area contributed by atoms with Gasteiger partial charge in [0.15, 0.2) is 5.69 Å². The second-order valence-corrected chi connectivity index (χ2v) is 9.58. The Morgan fingerprint density at radius 2 is 1.84 bits per heavy atom. The zero-order valence-corrected chi connectivity index (χ0v) is 22.3. The van der Waals surface area contributed by atoms with Gasteiger partial charge >= 0.3 is 6.09 Å². The zero-order valence-electron chi connectivity index (χ0n) is 22.3. The lowest BCUT2D eigenvalue weighted by Crippen LogP contribution is -2.32. The molecule has 0 radical (unpaired) electrons. The molecule has 0 aliphatic rings. The lowest BCUT2D eigenvalue weighted by molar-refractivity contribution is -0.119. The number of aryl methyl sites for hydroxylation is 1. The van der Waals surface area contributed by atoms with E-state index in [-0.39, 0.29) is 36.3 Å². The number of carbonyl (C=O) groups is 3. The van der Waals surface area contributed by atoms with Crippen LogP contribution >= 0.6 is 0 Å². The molecule has 12 nitrogen and oxygen atoms in total. The van der Waals surface area contributed by atoms with E-state index < -0.39 is 11.7 Å². The van der Waals surface area contributed by atoms with Crippen LogP contribution in [-0.4, -0.2) is 57.1 Å². The van der Waals surface area contributed by atoms with Gasteiger partial charge in [0.05, 0.1) is 12.6 Å². The van der Waals surface area contributed by atoms with E-state index in [9.17, 15) is 14.4 Å². The topological polar surface area (TPSA) is 175 Å². The molecule has 1 heterocycles. The highest BCUT2D eigenvalue weighted by Crippen LogP contribution is 2.09. The number of rotatable bonds is 12. The van der Waals surface area contributed by atoms with Gasteiger partial charge in [0, 0.05) is 25.8 Å². The first-order valence-corrected chi connectivity index (χ1v) is 12.3. The van der Waals surface area contributed by atoms with Gasteiger partial charge in [0.2, 0.25) is 5.91 Å². The molecule has 0 bridgehead atoms. The van der Waals surface area contributed by atoms with Crippen LogP contribution in [0.15, 0.2) is 42.6 Å². The Hall–Kier alpha value is -4.35. The summed E-state index contributed by atoms with van der Waals surface area (Å²) in [5.41, 5.74) is 1.57. The average Bonchev–Trinajstić information content (AvgIpc) is 3.32. The fourth-order valence-electron chi connectivity index (χ4n) is 3.26. The highest BCUT2D eigenvalue weighted by Gasteiger charge is 2.16. The number of nitrogens with one attached hydrogen (secondary N) is 5. The van der Waals surface area contributed by atoms with Crippen molar-refractivity contribution in [1.82, 2.24) is 30.9 Å². The van der Waals surface area contributed by atoms with Gasteiger partial charge in [-0.05, 0) is 63.3 Å². The summed E-state index contributed by atoms with van der Waals surface area (Å²) < 4.78 is 6.80. The maximum atomic E-state index is 12.3. The van der Waals surface area contributed by atoms with Crippen LogP contribution in [0.5, 0.6) is 0 Å². The minimum atomic E-state index is -0.583. The summed E-state index contributed by atoms with van der Waals surface area (Å²) in [6.45, 7) is 6.20. The average molecular weight is 525 g/mol. The predicted octanol–water partition coefficient (Wildman–Crippen LogP) is 2.74. The highest BCUT2D eigenvalue weighted by atomic mass is 16.6. The SMILES string of the molecule is CNC(=O)c1cn(CCCCC(=N)/C=C\C(=N)NC(=O)Cc2cccc(CNC(=O)OC(C)(C)C)c2)nn1. The lowest BCUT2D eigenvalue weighted by Gasteiger charge is -2.19. The first kappa shape index (κ1) is 29.9. The first-order chi connectivity index (χ1) is 17.9. The number of amidine groups is 1. The molecule has 0 aliphatic carbocycles. The maximum Gasteiger partial charge on any atom is 0.407 e. The van der Waals surface area contributed by atoms with Crippen LogP contribution in [0, 0.1) is 10.8 Å². The highest BCUT2D eigenvalue weighted by molar-refractivity contribution is 6.06. The number of unbranched alkanes of at least 4 members (excludes halogenated alkanes) is 1. The van der Waals surface area contributed by atoms with Crippen molar-refractivity contribution in [3.05, 3.63) is 59.4 Å². The fraction of sp³-hybridized carbons (Fsp3) is 0.423. The van der Waals surface area contributed by atoms with Crippen molar-refractivity contribution < 1.29 is 19.1 Å². The summed E-state index contributed by atoms with van der Waals surface area (Å²) in [5.74, 6) is -0.752. The molecular weight excluding hydrogens is 488 g/mol. The number of hydrogen-bond donors (Lipinski definition) is 5. The lowest BCUT2D eigenvalue weighted by atomic mass is 10.1. The van der Waals surface area contributed by atoms with E-state index in [4.69, 9.17) is 15.6 Å². The third kappa shape index (κ3) is 11.6. The number of ether oxygens (including phenoxy) is 1. The zero-order chi connectivity index (χ0) is 28.1. The molecule has 0 spiro atoms. The number of hydrogen-bond acceptors (Lipinski definition) is 8. The Kier molecular flexibility index (Phi) is 11.3. The van der Waals surface area contributed by atoms with Gasteiger partial charge in [-0.15, -0.1) is 5.10 Å². The molecule has 1 aromatic carbocycles. The number of aromatic nitrogens is 3. The molecule has 12 heteroatoms. The van der Waals surface area contributed by atoms with E-state index >= 15 is 0 Å². The summed E-state index contributed by atoms with van der Waals surface area (Å²) in [4.78, 5) is 35.7. The minimum absolute atomic E-state index is 0.0673. The van der Waals surface area contributed by atoms with Crippen molar-refractivity contribution in [2.24, 2.45) is 0 Å². The van der Waals surface area contributed by atoms with Crippen molar-refractivity contribution in [3.63, 3.8) is 0 Å². The second-order valence-electron chi connectivity index (χ2n) is 9.58. The number of amides is 3. The van der Waals surface area contributed by atoms with Gasteiger partial charge < -0.3 is 26.1 Å². The van der Waals surface area contributed by atoms with Gasteiger partial charge in [-0.2, -0.15) is 0 Å². The van der Waals surface area contributed by atoms with E-state index in [1.165, 1.54) is 19.2 Å². The maximum absolute atomic E-state index is 12.3. The van der Waals surface area contributed by atoms with Crippen LogP contribution in [0.3, 0.4) is 0 Å². The minimum Gasteiger partial charge on any atom is -0.444 e. The monoisotopic (exact) mass is 524 g/mol. The van der Waals surface area contributed by atoms with Gasteiger partial charge in [-0.25, -0.2) is 4.79 Å².